The van der Waals surface area contributed by atoms with Gasteiger partial charge in [-0.25, -0.2) is 0 Å². The van der Waals surface area contributed by atoms with E-state index in [1.165, 1.54) is 5.57 Å². The monoisotopic (exact) mass is 312 g/mol. The Kier molecular flexibility index (Phi) is 3.14. The fraction of sp³-hybridized carbons (Fsp3) is 0.667. The number of carbonyl (C=O) groups is 1. The van der Waals surface area contributed by atoms with Gasteiger partial charge in [-0.05, 0) is 78.1 Å². The van der Waals surface area contributed by atoms with Gasteiger partial charge in [-0.2, -0.15) is 0 Å². The van der Waals surface area contributed by atoms with Crippen LogP contribution in [0.5, 0.6) is 0 Å². The van der Waals surface area contributed by atoms with Crippen molar-refractivity contribution in [1.82, 2.24) is 0 Å². The number of aliphatic hydroxyl groups excluding tert-OH is 1. The molecule has 0 spiro atoms. The van der Waals surface area contributed by atoms with E-state index in [2.05, 4.69) is 33.4 Å². The standard InChI is InChI=1S/C21H28O2/c1-12-13(2)19-15-5-6-18(23)21(15,4)10-8-16(19)20(3)9-7-14(22)11-17(12)20/h7,9,11,13,15-16,18-19,23H,1,5-6,8,10H2,2-4H3/t13?,15-,16+,18?,19-,20+,21-/m0/s1. The summed E-state index contributed by atoms with van der Waals surface area (Å²) in [6.07, 6.45) is 9.89. The maximum Gasteiger partial charge on any atom is 0.178 e. The van der Waals surface area contributed by atoms with Gasteiger partial charge in [0.1, 0.15) is 0 Å². The lowest BCUT2D eigenvalue weighted by Gasteiger charge is -2.59. The van der Waals surface area contributed by atoms with Crippen molar-refractivity contribution in [3.63, 3.8) is 0 Å². The van der Waals surface area contributed by atoms with E-state index in [-0.39, 0.29) is 22.7 Å². The third-order valence-corrected chi connectivity index (χ3v) is 7.99. The van der Waals surface area contributed by atoms with Gasteiger partial charge < -0.3 is 5.11 Å². The zero-order chi connectivity index (χ0) is 16.6. The number of fused-ring (bicyclic) bond motifs is 5. The lowest BCUT2D eigenvalue weighted by molar-refractivity contribution is -0.111. The predicted molar refractivity (Wildman–Crippen MR) is 91.7 cm³/mol. The highest BCUT2D eigenvalue weighted by Gasteiger charge is 2.60. The Morgan fingerprint density at radius 3 is 2.70 bits per heavy atom. The van der Waals surface area contributed by atoms with Crippen molar-refractivity contribution in [2.45, 2.75) is 52.6 Å². The van der Waals surface area contributed by atoms with Crippen LogP contribution in [0.1, 0.15) is 46.5 Å². The molecule has 0 aromatic rings. The number of allylic oxidation sites excluding steroid dienone is 5. The number of aliphatic hydroxyl groups is 1. The lowest BCUT2D eigenvalue weighted by Crippen LogP contribution is -2.53. The Labute approximate surface area is 139 Å². The molecule has 4 aliphatic carbocycles. The molecule has 2 unspecified atom stereocenters. The first-order valence-corrected chi connectivity index (χ1v) is 9.11. The molecule has 23 heavy (non-hydrogen) atoms. The van der Waals surface area contributed by atoms with Crippen molar-refractivity contribution in [3.8, 4) is 0 Å². The predicted octanol–water partition coefficient (Wildman–Crippen LogP) is 4.07. The van der Waals surface area contributed by atoms with Gasteiger partial charge in [0.25, 0.3) is 0 Å². The van der Waals surface area contributed by atoms with E-state index < -0.39 is 0 Å². The second kappa shape index (κ2) is 4.69. The first kappa shape index (κ1) is 15.4. The normalized spacial score (nSPS) is 51.8. The highest BCUT2D eigenvalue weighted by molar-refractivity contribution is 6.02. The largest absolute Gasteiger partial charge is 0.393 e. The summed E-state index contributed by atoms with van der Waals surface area (Å²) in [6, 6.07) is 0. The topological polar surface area (TPSA) is 37.3 Å². The fourth-order valence-electron chi connectivity index (χ4n) is 6.49. The van der Waals surface area contributed by atoms with Gasteiger partial charge in [-0.1, -0.05) is 33.4 Å². The Morgan fingerprint density at radius 2 is 1.96 bits per heavy atom. The first-order valence-electron chi connectivity index (χ1n) is 9.11. The Bertz CT molecular complexity index is 642. The van der Waals surface area contributed by atoms with Crippen LogP contribution in [0.3, 0.4) is 0 Å². The van der Waals surface area contributed by atoms with E-state index >= 15 is 0 Å². The Morgan fingerprint density at radius 1 is 1.22 bits per heavy atom. The van der Waals surface area contributed by atoms with E-state index in [1.54, 1.807) is 6.08 Å². The quantitative estimate of drug-likeness (QED) is 0.732. The molecule has 4 aliphatic rings. The third kappa shape index (κ3) is 1.82. The van der Waals surface area contributed by atoms with Gasteiger partial charge >= 0.3 is 0 Å². The van der Waals surface area contributed by atoms with Crippen molar-refractivity contribution in [1.29, 1.82) is 0 Å². The molecule has 1 N–H and O–H groups in total. The van der Waals surface area contributed by atoms with E-state index in [4.69, 9.17) is 0 Å². The molecule has 2 nitrogen and oxygen atoms in total. The van der Waals surface area contributed by atoms with E-state index in [0.29, 0.717) is 23.7 Å². The van der Waals surface area contributed by atoms with Crippen LogP contribution in [0.25, 0.3) is 0 Å². The second-order valence-electron chi connectivity index (χ2n) is 8.82. The van der Waals surface area contributed by atoms with Crippen molar-refractivity contribution in [2.24, 2.45) is 34.5 Å². The molecule has 124 valence electrons. The number of carbonyl (C=O) groups excluding carboxylic acids is 1. The second-order valence-corrected chi connectivity index (χ2v) is 8.82. The number of hydrogen-bond donors (Lipinski definition) is 1. The molecular weight excluding hydrogens is 284 g/mol. The van der Waals surface area contributed by atoms with Gasteiger partial charge in [0.15, 0.2) is 5.78 Å². The van der Waals surface area contributed by atoms with E-state index in [9.17, 15) is 9.90 Å². The maximum absolute atomic E-state index is 11.9. The zero-order valence-electron chi connectivity index (χ0n) is 14.5. The van der Waals surface area contributed by atoms with Crippen molar-refractivity contribution in [3.05, 3.63) is 36.0 Å². The molecule has 0 amide bonds. The Balaban J connectivity index is 1.81. The molecule has 3 fully saturated rings. The average molecular weight is 312 g/mol. The highest BCUT2D eigenvalue weighted by Crippen LogP contribution is 2.66. The number of rotatable bonds is 0. The molecule has 0 saturated heterocycles. The minimum atomic E-state index is -0.151. The minimum Gasteiger partial charge on any atom is -0.393 e. The summed E-state index contributed by atoms with van der Waals surface area (Å²) in [5, 5.41) is 10.6. The first-order chi connectivity index (χ1) is 10.8. The molecule has 0 aromatic carbocycles. The van der Waals surface area contributed by atoms with Crippen molar-refractivity contribution in [2.75, 3.05) is 0 Å². The average Bonchev–Trinajstić information content (AvgIpc) is 2.82. The molecule has 0 radical (unpaired) electrons. The molecule has 0 aliphatic heterocycles. The van der Waals surface area contributed by atoms with Crippen LogP contribution in [0.4, 0.5) is 0 Å². The van der Waals surface area contributed by atoms with Gasteiger partial charge in [-0.15, -0.1) is 0 Å². The summed E-state index contributed by atoms with van der Waals surface area (Å²) < 4.78 is 0. The molecule has 0 bridgehead atoms. The molecule has 0 heterocycles. The van der Waals surface area contributed by atoms with Gasteiger partial charge in [0.2, 0.25) is 0 Å². The van der Waals surface area contributed by atoms with Crippen LogP contribution >= 0.6 is 0 Å². The van der Waals surface area contributed by atoms with Crippen LogP contribution in [-0.2, 0) is 4.79 Å². The van der Waals surface area contributed by atoms with Crippen LogP contribution in [0, 0.1) is 34.5 Å². The summed E-state index contributed by atoms with van der Waals surface area (Å²) >= 11 is 0. The van der Waals surface area contributed by atoms with E-state index in [1.807, 2.05) is 6.08 Å². The van der Waals surface area contributed by atoms with Crippen LogP contribution in [0.2, 0.25) is 0 Å². The SMILES string of the molecule is C=C1C2=CC(=O)C=C[C@]2(C)[C@@H]2CC[C@]3(C)C(O)CC[C@H]3[C@@H]2C1C. The van der Waals surface area contributed by atoms with Crippen molar-refractivity contribution >= 4 is 5.78 Å². The molecule has 7 atom stereocenters. The smallest absolute Gasteiger partial charge is 0.178 e. The summed E-state index contributed by atoms with van der Waals surface area (Å²) in [7, 11) is 0. The summed E-state index contributed by atoms with van der Waals surface area (Å²) in [4.78, 5) is 11.9. The molecule has 4 rings (SSSR count). The van der Waals surface area contributed by atoms with Crippen molar-refractivity contribution < 1.29 is 9.90 Å². The maximum atomic E-state index is 11.9. The highest BCUT2D eigenvalue weighted by atomic mass is 16.3. The minimum absolute atomic E-state index is 0.0585. The van der Waals surface area contributed by atoms with Crippen LogP contribution in [-0.4, -0.2) is 17.0 Å². The number of hydrogen-bond acceptors (Lipinski definition) is 2. The zero-order valence-corrected chi connectivity index (χ0v) is 14.5. The molecule has 2 heteroatoms. The lowest BCUT2D eigenvalue weighted by atomic mass is 9.45. The molecule has 3 saturated carbocycles. The Hall–Kier alpha value is -1.15. The van der Waals surface area contributed by atoms with Gasteiger partial charge in [0.05, 0.1) is 6.10 Å². The summed E-state index contributed by atoms with van der Waals surface area (Å²) in [6.45, 7) is 11.3. The van der Waals surface area contributed by atoms with Crippen LogP contribution in [0.15, 0.2) is 36.0 Å². The molecular formula is C21H28O2. The van der Waals surface area contributed by atoms with Gasteiger partial charge in [0, 0.05) is 5.41 Å². The van der Waals surface area contributed by atoms with E-state index in [0.717, 1.165) is 31.3 Å². The molecule has 0 aromatic heterocycles. The summed E-state index contributed by atoms with van der Waals surface area (Å²) in [5.41, 5.74) is 2.33. The summed E-state index contributed by atoms with van der Waals surface area (Å²) in [5.74, 6) is 2.20. The van der Waals surface area contributed by atoms with Gasteiger partial charge in [-0.3, -0.25) is 4.79 Å². The number of ketones is 1. The van der Waals surface area contributed by atoms with Crippen LogP contribution < -0.4 is 0 Å². The fourth-order valence-corrected chi connectivity index (χ4v) is 6.49. The third-order valence-electron chi connectivity index (χ3n) is 7.99.